The predicted octanol–water partition coefficient (Wildman–Crippen LogP) is 2.18. The van der Waals surface area contributed by atoms with Gasteiger partial charge in [0.05, 0.1) is 28.7 Å². The molecule has 148 valence electrons. The zero-order valence-corrected chi connectivity index (χ0v) is 16.4. The van der Waals surface area contributed by atoms with E-state index in [4.69, 9.17) is 0 Å². The molecule has 9 heteroatoms. The van der Waals surface area contributed by atoms with Crippen molar-refractivity contribution in [3.63, 3.8) is 0 Å². The van der Waals surface area contributed by atoms with Gasteiger partial charge in [0.2, 0.25) is 10.0 Å². The summed E-state index contributed by atoms with van der Waals surface area (Å²) in [4.78, 5) is 12.5. The van der Waals surface area contributed by atoms with Crippen molar-refractivity contribution in [3.8, 4) is 5.69 Å². The molecule has 3 aromatic rings. The molecule has 0 atom stereocenters. The average Bonchev–Trinajstić information content (AvgIpc) is 3.09. The zero-order chi connectivity index (χ0) is 20.3. The minimum absolute atomic E-state index is 0.0347. The number of carbonyl (C=O) groups excluding carboxylic acids is 1. The average molecular weight is 404 g/mol. The second-order valence-electron chi connectivity index (χ2n) is 6.48. The van der Waals surface area contributed by atoms with E-state index in [1.807, 2.05) is 6.07 Å². The number of amides is 1. The fourth-order valence-corrected chi connectivity index (χ4v) is 3.65. The molecule has 28 heavy (non-hydrogen) atoms. The first-order chi connectivity index (χ1) is 13.3. The lowest BCUT2D eigenvalue weighted by Crippen LogP contribution is -2.29. The lowest BCUT2D eigenvalue weighted by atomic mass is 10.1. The monoisotopic (exact) mass is 404 g/mol. The largest absolute Gasteiger partial charge is 0.352 e. The Morgan fingerprint density at radius 1 is 1.18 bits per heavy atom. The third-order valence-electron chi connectivity index (χ3n) is 4.35. The van der Waals surface area contributed by atoms with Crippen LogP contribution in [-0.2, 0) is 10.0 Å². The van der Waals surface area contributed by atoms with Crippen LogP contribution in [0.4, 0.5) is 4.39 Å². The van der Waals surface area contributed by atoms with Gasteiger partial charge in [-0.3, -0.25) is 4.79 Å². The minimum Gasteiger partial charge on any atom is -0.352 e. The van der Waals surface area contributed by atoms with E-state index in [1.165, 1.54) is 30.5 Å². The van der Waals surface area contributed by atoms with Gasteiger partial charge in [0.1, 0.15) is 5.82 Å². The van der Waals surface area contributed by atoms with Gasteiger partial charge in [0.15, 0.2) is 0 Å². The van der Waals surface area contributed by atoms with Gasteiger partial charge in [-0.25, -0.2) is 21.8 Å². The molecular weight excluding hydrogens is 383 g/mol. The molecule has 0 aliphatic rings. The van der Waals surface area contributed by atoms with Gasteiger partial charge in [-0.05, 0) is 42.8 Å². The second-order valence-corrected chi connectivity index (χ2v) is 8.78. The third-order valence-corrected chi connectivity index (χ3v) is 6.27. The lowest BCUT2D eigenvalue weighted by molar-refractivity contribution is 0.0955. The first-order valence-corrected chi connectivity index (χ1v) is 10.3. The van der Waals surface area contributed by atoms with Crippen LogP contribution in [0, 0.1) is 5.82 Å². The third kappa shape index (κ3) is 4.20. The van der Waals surface area contributed by atoms with Gasteiger partial charge in [-0.1, -0.05) is 6.07 Å². The Balaban J connectivity index is 1.75. The van der Waals surface area contributed by atoms with E-state index in [9.17, 15) is 17.6 Å². The number of hydrogen-bond donors (Lipinski definition) is 1. The molecule has 1 heterocycles. The maximum Gasteiger partial charge on any atom is 0.252 e. The van der Waals surface area contributed by atoms with Crippen LogP contribution in [0.25, 0.3) is 16.6 Å². The molecule has 0 saturated heterocycles. The lowest BCUT2D eigenvalue weighted by Gasteiger charge is -2.11. The number of rotatable bonds is 7. The number of carbonyl (C=O) groups is 1. The van der Waals surface area contributed by atoms with E-state index >= 15 is 0 Å². The summed E-state index contributed by atoms with van der Waals surface area (Å²) in [7, 11) is -0.325. The molecule has 1 aromatic heterocycles. The van der Waals surface area contributed by atoms with Crippen LogP contribution < -0.4 is 5.32 Å². The molecule has 0 fully saturated rings. The fraction of sp³-hybridized carbons (Fsp3) is 0.263. The molecule has 0 saturated carbocycles. The molecule has 0 aliphatic heterocycles. The maximum absolute atomic E-state index is 13.2. The number of benzene rings is 2. The summed E-state index contributed by atoms with van der Waals surface area (Å²) in [6.07, 6.45) is 1.90. The second kappa shape index (κ2) is 8.07. The Labute approximate surface area is 162 Å². The highest BCUT2D eigenvalue weighted by Gasteiger charge is 2.15. The predicted molar refractivity (Wildman–Crippen MR) is 105 cm³/mol. The van der Waals surface area contributed by atoms with Crippen LogP contribution in [0.5, 0.6) is 0 Å². The summed E-state index contributed by atoms with van der Waals surface area (Å²) in [6.45, 7) is 0.244. The molecule has 0 aliphatic carbocycles. The Hall–Kier alpha value is -2.78. The quantitative estimate of drug-likeness (QED) is 0.612. The van der Waals surface area contributed by atoms with Crippen molar-refractivity contribution in [2.45, 2.75) is 6.42 Å². The molecule has 0 unspecified atom stereocenters. The molecule has 2 aromatic carbocycles. The number of nitrogens with one attached hydrogen (secondary N) is 1. The standard InChI is InChI=1S/C19H21FN4O3S/c1-23(2)28(26,27)12-4-11-21-19(25)16-5-3-6-18-17(16)13-22-24(18)15-9-7-14(20)8-10-15/h3,5-10,13H,4,11-12H2,1-2H3,(H,21,25). The van der Waals surface area contributed by atoms with Crippen molar-refractivity contribution in [1.29, 1.82) is 0 Å². The van der Waals surface area contributed by atoms with E-state index in [-0.39, 0.29) is 24.0 Å². The highest BCUT2D eigenvalue weighted by molar-refractivity contribution is 7.89. The Morgan fingerprint density at radius 2 is 1.89 bits per heavy atom. The Bertz CT molecular complexity index is 1090. The number of hydrogen-bond acceptors (Lipinski definition) is 4. The number of sulfonamides is 1. The van der Waals surface area contributed by atoms with E-state index in [2.05, 4.69) is 10.4 Å². The normalized spacial score (nSPS) is 11.9. The Morgan fingerprint density at radius 3 is 2.57 bits per heavy atom. The Kier molecular flexibility index (Phi) is 5.76. The van der Waals surface area contributed by atoms with Gasteiger partial charge in [-0.15, -0.1) is 0 Å². The van der Waals surface area contributed by atoms with Crippen molar-refractivity contribution in [2.75, 3.05) is 26.4 Å². The van der Waals surface area contributed by atoms with E-state index in [0.717, 1.165) is 5.52 Å². The number of fused-ring (bicyclic) bond motifs is 1. The SMILES string of the molecule is CN(C)S(=O)(=O)CCCNC(=O)c1cccc2c1cnn2-c1ccc(F)cc1. The van der Waals surface area contributed by atoms with Gasteiger partial charge >= 0.3 is 0 Å². The van der Waals surface area contributed by atoms with Crippen molar-refractivity contribution in [2.24, 2.45) is 0 Å². The summed E-state index contributed by atoms with van der Waals surface area (Å²) in [5.74, 6) is -0.671. The van der Waals surface area contributed by atoms with Crippen LogP contribution in [0.3, 0.4) is 0 Å². The fourth-order valence-electron chi connectivity index (χ4n) is 2.77. The van der Waals surface area contributed by atoms with Crippen molar-refractivity contribution >= 4 is 26.8 Å². The summed E-state index contributed by atoms with van der Waals surface area (Å²) in [5.41, 5.74) is 1.85. The van der Waals surface area contributed by atoms with Crippen molar-refractivity contribution in [1.82, 2.24) is 19.4 Å². The molecule has 0 bridgehead atoms. The van der Waals surface area contributed by atoms with Crippen molar-refractivity contribution in [3.05, 3.63) is 60.0 Å². The number of aromatic nitrogens is 2. The van der Waals surface area contributed by atoms with E-state index < -0.39 is 10.0 Å². The van der Waals surface area contributed by atoms with E-state index in [1.54, 1.807) is 35.1 Å². The molecule has 7 nitrogen and oxygen atoms in total. The van der Waals surface area contributed by atoms with Crippen LogP contribution in [0.1, 0.15) is 16.8 Å². The highest BCUT2D eigenvalue weighted by Crippen LogP contribution is 2.22. The molecular formula is C19H21FN4O3S. The van der Waals surface area contributed by atoms with Gasteiger partial charge < -0.3 is 5.32 Å². The highest BCUT2D eigenvalue weighted by atomic mass is 32.2. The molecule has 0 spiro atoms. The van der Waals surface area contributed by atoms with Crippen molar-refractivity contribution < 1.29 is 17.6 Å². The first kappa shape index (κ1) is 20.0. The van der Waals surface area contributed by atoms with E-state index in [0.29, 0.717) is 23.1 Å². The summed E-state index contributed by atoms with van der Waals surface area (Å²) < 4.78 is 39.5. The molecule has 3 rings (SSSR count). The zero-order valence-electron chi connectivity index (χ0n) is 15.6. The number of halogens is 1. The molecule has 1 N–H and O–H groups in total. The minimum atomic E-state index is -3.28. The number of nitrogens with zero attached hydrogens (tertiary/aromatic N) is 3. The molecule has 1 amide bonds. The summed E-state index contributed by atoms with van der Waals surface area (Å²) >= 11 is 0. The van der Waals surface area contributed by atoms with Gasteiger partial charge in [0.25, 0.3) is 5.91 Å². The van der Waals surface area contributed by atoms with Crippen LogP contribution in [0.2, 0.25) is 0 Å². The topological polar surface area (TPSA) is 84.3 Å². The molecule has 0 radical (unpaired) electrons. The van der Waals surface area contributed by atoms with Crippen LogP contribution in [-0.4, -0.2) is 54.8 Å². The van der Waals surface area contributed by atoms with Gasteiger partial charge in [0, 0.05) is 26.0 Å². The summed E-state index contributed by atoms with van der Waals surface area (Å²) in [6, 6.07) is 11.2. The maximum atomic E-state index is 13.2. The summed E-state index contributed by atoms with van der Waals surface area (Å²) in [5, 5.41) is 7.72. The van der Waals surface area contributed by atoms with Gasteiger partial charge in [-0.2, -0.15) is 5.10 Å². The smallest absolute Gasteiger partial charge is 0.252 e. The first-order valence-electron chi connectivity index (χ1n) is 8.71. The van der Waals surface area contributed by atoms with Crippen LogP contribution in [0.15, 0.2) is 48.7 Å². The van der Waals surface area contributed by atoms with Crippen LogP contribution >= 0.6 is 0 Å².